The average molecular weight is 432 g/mol. The van der Waals surface area contributed by atoms with E-state index in [4.69, 9.17) is 4.74 Å². The molecule has 1 heterocycles. The minimum absolute atomic E-state index is 0.117. The van der Waals surface area contributed by atoms with Crippen LogP contribution in [-0.2, 0) is 4.74 Å². The van der Waals surface area contributed by atoms with E-state index >= 15 is 0 Å². The molecule has 0 aromatic heterocycles. The predicted molar refractivity (Wildman–Crippen MR) is 127 cm³/mol. The molecule has 0 spiro atoms. The lowest BCUT2D eigenvalue weighted by Gasteiger charge is -2.39. The van der Waals surface area contributed by atoms with E-state index in [2.05, 4.69) is 24.3 Å². The Morgan fingerprint density at radius 2 is 1.34 bits per heavy atom. The van der Waals surface area contributed by atoms with Gasteiger partial charge in [-0.15, -0.1) is 0 Å². The summed E-state index contributed by atoms with van der Waals surface area (Å²) in [5.74, 6) is 0.138. The molecule has 0 radical (unpaired) electrons. The SMILES string of the molecule is O[C@H](CN1CCC[C@H](CCOC(c2ccccc2)c2ccccc2)[C@H]1O)c1ccccc1. The van der Waals surface area contributed by atoms with Crippen molar-refractivity contribution in [2.24, 2.45) is 5.92 Å². The van der Waals surface area contributed by atoms with Crippen molar-refractivity contribution in [2.45, 2.75) is 37.7 Å². The first-order chi connectivity index (χ1) is 15.7. The molecule has 0 bridgehead atoms. The Morgan fingerprint density at radius 3 is 1.91 bits per heavy atom. The Bertz CT molecular complexity index is 880. The zero-order chi connectivity index (χ0) is 22.2. The Kier molecular flexibility index (Phi) is 8.07. The Labute approximate surface area is 191 Å². The van der Waals surface area contributed by atoms with Crippen LogP contribution in [0.15, 0.2) is 91.0 Å². The molecule has 0 aliphatic carbocycles. The van der Waals surface area contributed by atoms with Crippen LogP contribution in [0.1, 0.15) is 48.2 Å². The minimum atomic E-state index is -0.596. The lowest BCUT2D eigenvalue weighted by atomic mass is 9.92. The molecule has 32 heavy (non-hydrogen) atoms. The van der Waals surface area contributed by atoms with Gasteiger partial charge in [0.1, 0.15) is 12.3 Å². The minimum Gasteiger partial charge on any atom is -0.387 e. The molecule has 3 aromatic rings. The molecule has 1 aliphatic rings. The van der Waals surface area contributed by atoms with Gasteiger partial charge in [-0.05, 0) is 36.0 Å². The Morgan fingerprint density at radius 1 is 0.812 bits per heavy atom. The van der Waals surface area contributed by atoms with Crippen molar-refractivity contribution in [3.05, 3.63) is 108 Å². The number of aliphatic hydroxyl groups is 2. The molecule has 1 fully saturated rings. The molecule has 3 atom stereocenters. The van der Waals surface area contributed by atoms with Crippen LogP contribution in [0.4, 0.5) is 0 Å². The number of hydrogen-bond donors (Lipinski definition) is 2. The van der Waals surface area contributed by atoms with Gasteiger partial charge in [0.25, 0.3) is 0 Å². The van der Waals surface area contributed by atoms with Gasteiger partial charge in [-0.2, -0.15) is 0 Å². The number of benzene rings is 3. The number of likely N-dealkylation sites (tertiary alicyclic amines) is 1. The second kappa shape index (κ2) is 11.4. The summed E-state index contributed by atoms with van der Waals surface area (Å²) in [5.41, 5.74) is 3.16. The zero-order valence-electron chi connectivity index (χ0n) is 18.5. The van der Waals surface area contributed by atoms with Gasteiger partial charge in [-0.25, -0.2) is 0 Å². The van der Waals surface area contributed by atoms with E-state index < -0.39 is 12.3 Å². The molecule has 4 heteroatoms. The average Bonchev–Trinajstić information content (AvgIpc) is 2.85. The van der Waals surface area contributed by atoms with E-state index in [9.17, 15) is 10.2 Å². The second-order valence-corrected chi connectivity index (χ2v) is 8.60. The number of rotatable bonds is 9. The molecule has 3 aromatic carbocycles. The van der Waals surface area contributed by atoms with E-state index in [0.717, 1.165) is 42.5 Å². The summed E-state index contributed by atoms with van der Waals surface area (Å²) in [6, 6.07) is 30.2. The molecule has 1 saturated heterocycles. The molecule has 0 amide bonds. The van der Waals surface area contributed by atoms with Crippen molar-refractivity contribution in [3.63, 3.8) is 0 Å². The molecule has 0 saturated carbocycles. The lowest BCUT2D eigenvalue weighted by Crippen LogP contribution is -2.47. The molecular formula is C28H33NO3. The first kappa shape index (κ1) is 22.7. The van der Waals surface area contributed by atoms with Crippen LogP contribution >= 0.6 is 0 Å². The quantitative estimate of drug-likeness (QED) is 0.504. The summed E-state index contributed by atoms with van der Waals surface area (Å²) in [5, 5.41) is 21.6. The van der Waals surface area contributed by atoms with E-state index in [1.54, 1.807) is 0 Å². The van der Waals surface area contributed by atoms with Crippen molar-refractivity contribution < 1.29 is 14.9 Å². The van der Waals surface area contributed by atoms with Crippen molar-refractivity contribution in [3.8, 4) is 0 Å². The number of piperidine rings is 1. The molecule has 168 valence electrons. The third-order valence-electron chi connectivity index (χ3n) is 6.39. The first-order valence-corrected chi connectivity index (χ1v) is 11.6. The normalized spacial score (nSPS) is 20.3. The summed E-state index contributed by atoms with van der Waals surface area (Å²) in [7, 11) is 0. The Hall–Kier alpha value is -2.50. The molecule has 0 unspecified atom stereocenters. The molecular weight excluding hydrogens is 398 g/mol. The monoisotopic (exact) mass is 431 g/mol. The molecule has 4 rings (SSSR count). The smallest absolute Gasteiger partial charge is 0.110 e. The largest absolute Gasteiger partial charge is 0.387 e. The summed E-state index contributed by atoms with van der Waals surface area (Å²) in [6.45, 7) is 1.82. The van der Waals surface area contributed by atoms with Gasteiger partial charge in [-0.1, -0.05) is 91.0 Å². The zero-order valence-corrected chi connectivity index (χ0v) is 18.5. The van der Waals surface area contributed by atoms with Crippen LogP contribution < -0.4 is 0 Å². The van der Waals surface area contributed by atoms with Gasteiger partial charge >= 0.3 is 0 Å². The van der Waals surface area contributed by atoms with Gasteiger partial charge in [0, 0.05) is 25.6 Å². The standard InChI is InChI=1S/C28H33NO3/c30-26(22-11-4-1-5-12-22)21-29-19-10-17-25(28(29)31)18-20-32-27(23-13-6-2-7-14-23)24-15-8-3-9-16-24/h1-9,11-16,25-28,30-31H,10,17-21H2/t25-,26-,28-/m1/s1. The van der Waals surface area contributed by atoms with Crippen LogP contribution in [0.3, 0.4) is 0 Å². The summed E-state index contributed by atoms with van der Waals surface area (Å²) in [6.07, 6.45) is 1.51. The van der Waals surface area contributed by atoms with E-state index in [0.29, 0.717) is 13.2 Å². The summed E-state index contributed by atoms with van der Waals surface area (Å²) >= 11 is 0. The fourth-order valence-electron chi connectivity index (χ4n) is 4.61. The maximum absolute atomic E-state index is 11.0. The fraction of sp³-hybridized carbons (Fsp3) is 0.357. The number of nitrogens with zero attached hydrogens (tertiary/aromatic N) is 1. The number of ether oxygens (including phenoxy) is 1. The molecule has 1 aliphatic heterocycles. The third-order valence-corrected chi connectivity index (χ3v) is 6.39. The molecule has 4 nitrogen and oxygen atoms in total. The van der Waals surface area contributed by atoms with Crippen LogP contribution in [-0.4, -0.2) is 41.0 Å². The highest BCUT2D eigenvalue weighted by molar-refractivity contribution is 5.29. The summed E-state index contributed by atoms with van der Waals surface area (Å²) < 4.78 is 6.37. The van der Waals surface area contributed by atoms with Crippen molar-refractivity contribution in [1.29, 1.82) is 0 Å². The van der Waals surface area contributed by atoms with Gasteiger partial charge in [0.15, 0.2) is 0 Å². The highest BCUT2D eigenvalue weighted by Gasteiger charge is 2.31. The third kappa shape index (κ3) is 5.84. The van der Waals surface area contributed by atoms with Crippen molar-refractivity contribution in [1.82, 2.24) is 4.90 Å². The number of aliphatic hydroxyl groups excluding tert-OH is 2. The second-order valence-electron chi connectivity index (χ2n) is 8.60. The highest BCUT2D eigenvalue weighted by atomic mass is 16.5. The van der Waals surface area contributed by atoms with Crippen molar-refractivity contribution in [2.75, 3.05) is 19.7 Å². The number of hydrogen-bond acceptors (Lipinski definition) is 4. The lowest BCUT2D eigenvalue weighted by molar-refractivity contribution is -0.0903. The first-order valence-electron chi connectivity index (χ1n) is 11.6. The van der Waals surface area contributed by atoms with E-state index in [1.807, 2.05) is 71.6 Å². The van der Waals surface area contributed by atoms with Gasteiger partial charge in [0.05, 0.1) is 6.10 Å². The highest BCUT2D eigenvalue weighted by Crippen LogP contribution is 2.30. The van der Waals surface area contributed by atoms with Crippen LogP contribution in [0, 0.1) is 5.92 Å². The maximum atomic E-state index is 11.0. The van der Waals surface area contributed by atoms with Crippen LogP contribution in [0.2, 0.25) is 0 Å². The van der Waals surface area contributed by atoms with Crippen LogP contribution in [0.5, 0.6) is 0 Å². The van der Waals surface area contributed by atoms with Crippen molar-refractivity contribution >= 4 is 0 Å². The topological polar surface area (TPSA) is 52.9 Å². The predicted octanol–water partition coefficient (Wildman–Crippen LogP) is 4.95. The van der Waals surface area contributed by atoms with E-state index in [1.165, 1.54) is 0 Å². The van der Waals surface area contributed by atoms with Crippen LogP contribution in [0.25, 0.3) is 0 Å². The summed E-state index contributed by atoms with van der Waals surface area (Å²) in [4.78, 5) is 2.01. The van der Waals surface area contributed by atoms with Gasteiger partial charge in [-0.3, -0.25) is 4.90 Å². The van der Waals surface area contributed by atoms with Gasteiger partial charge in [0.2, 0.25) is 0 Å². The van der Waals surface area contributed by atoms with E-state index in [-0.39, 0.29) is 12.0 Å². The number of β-amino-alcohol motifs (C(OH)–C–C–N with tert-alkyl or cyclic N) is 1. The molecule has 2 N–H and O–H groups in total. The fourth-order valence-corrected chi connectivity index (χ4v) is 4.61. The van der Waals surface area contributed by atoms with Gasteiger partial charge < -0.3 is 14.9 Å². The maximum Gasteiger partial charge on any atom is 0.110 e. The Balaban J connectivity index is 1.35.